The number of nitrogen functional groups attached to an aromatic ring is 1. The third-order valence-corrected chi connectivity index (χ3v) is 1.79. The molecule has 0 aliphatic heterocycles. The van der Waals surface area contributed by atoms with Crippen LogP contribution in [0.4, 0.5) is 5.69 Å². The first-order valence-electron chi connectivity index (χ1n) is 3.57. The van der Waals surface area contributed by atoms with Crippen molar-refractivity contribution < 1.29 is 4.79 Å². The number of aromatic amines is 1. The van der Waals surface area contributed by atoms with Crippen molar-refractivity contribution in [2.45, 2.75) is 0 Å². The van der Waals surface area contributed by atoms with Gasteiger partial charge in [-0.25, -0.2) is 4.98 Å². The maximum absolute atomic E-state index is 10.9. The van der Waals surface area contributed by atoms with E-state index in [0.29, 0.717) is 16.7 Å². The van der Waals surface area contributed by atoms with Crippen LogP contribution in [0.25, 0.3) is 11.0 Å². The molecule has 0 aliphatic rings. The molecule has 2 aromatic rings. The highest BCUT2D eigenvalue weighted by Crippen LogP contribution is 2.19. The summed E-state index contributed by atoms with van der Waals surface area (Å²) >= 11 is 0. The largest absolute Gasteiger partial charge is 0.397 e. The maximum atomic E-state index is 10.9. The molecule has 13 heavy (non-hydrogen) atoms. The Labute approximate surface area is 72.9 Å². The Morgan fingerprint density at radius 1 is 1.46 bits per heavy atom. The van der Waals surface area contributed by atoms with E-state index in [9.17, 15) is 4.79 Å². The molecular weight excluding hydrogens is 170 g/mol. The van der Waals surface area contributed by atoms with Crippen molar-refractivity contribution in [3.05, 3.63) is 18.0 Å². The third-order valence-electron chi connectivity index (χ3n) is 1.79. The predicted octanol–water partition coefficient (Wildman–Crippen LogP) is -0.361. The molecule has 66 valence electrons. The van der Waals surface area contributed by atoms with Gasteiger partial charge in [-0.3, -0.25) is 9.89 Å². The number of hydrogen-bond acceptors (Lipinski definition) is 4. The first-order valence-corrected chi connectivity index (χ1v) is 3.57. The van der Waals surface area contributed by atoms with Crippen LogP contribution in [0.3, 0.4) is 0 Å². The van der Waals surface area contributed by atoms with Crippen LogP contribution in [0.15, 0.2) is 12.4 Å². The van der Waals surface area contributed by atoms with Crippen molar-refractivity contribution in [1.82, 2.24) is 15.2 Å². The van der Waals surface area contributed by atoms with Crippen molar-refractivity contribution in [2.24, 2.45) is 5.73 Å². The minimum atomic E-state index is -0.590. The highest BCUT2D eigenvalue weighted by molar-refractivity contribution is 6.04. The van der Waals surface area contributed by atoms with Crippen LogP contribution in [-0.4, -0.2) is 21.1 Å². The number of aromatic nitrogens is 3. The number of carbonyl (C=O) groups excluding carboxylic acids is 1. The molecule has 0 aromatic carbocycles. The Kier molecular flexibility index (Phi) is 1.42. The molecule has 1 amide bonds. The van der Waals surface area contributed by atoms with Gasteiger partial charge in [-0.1, -0.05) is 0 Å². The lowest BCUT2D eigenvalue weighted by Crippen LogP contribution is -2.13. The Morgan fingerprint density at radius 2 is 2.23 bits per heavy atom. The van der Waals surface area contributed by atoms with Crippen LogP contribution in [-0.2, 0) is 0 Å². The summed E-state index contributed by atoms with van der Waals surface area (Å²) in [6, 6.07) is 0. The summed E-state index contributed by atoms with van der Waals surface area (Å²) in [6.07, 6.45) is 2.84. The number of fused-ring (bicyclic) bond motifs is 1. The van der Waals surface area contributed by atoms with E-state index < -0.39 is 5.91 Å². The zero-order valence-corrected chi connectivity index (χ0v) is 6.61. The summed E-state index contributed by atoms with van der Waals surface area (Å²) < 4.78 is 0. The number of nitrogens with one attached hydrogen (secondary N) is 1. The number of rotatable bonds is 1. The lowest BCUT2D eigenvalue weighted by atomic mass is 10.2. The van der Waals surface area contributed by atoms with Gasteiger partial charge < -0.3 is 11.5 Å². The minimum absolute atomic E-state index is 0.217. The molecular formula is C7H7N5O. The second-order valence-corrected chi connectivity index (χ2v) is 2.58. The van der Waals surface area contributed by atoms with Gasteiger partial charge in [0.2, 0.25) is 0 Å². The van der Waals surface area contributed by atoms with Crippen molar-refractivity contribution in [2.75, 3.05) is 5.73 Å². The van der Waals surface area contributed by atoms with Gasteiger partial charge in [0.25, 0.3) is 5.91 Å². The van der Waals surface area contributed by atoms with E-state index in [1.54, 1.807) is 0 Å². The monoisotopic (exact) mass is 177 g/mol. The quantitative estimate of drug-likeness (QED) is 0.552. The van der Waals surface area contributed by atoms with E-state index in [0.717, 1.165) is 0 Å². The van der Waals surface area contributed by atoms with Crippen LogP contribution in [0.1, 0.15) is 10.4 Å². The summed E-state index contributed by atoms with van der Waals surface area (Å²) in [5.74, 6) is -0.590. The number of nitrogens with zero attached hydrogens (tertiary/aromatic N) is 2. The Bertz CT molecular complexity index is 475. The number of anilines is 1. The third kappa shape index (κ3) is 0.994. The lowest BCUT2D eigenvalue weighted by molar-refractivity contribution is 0.100. The summed E-state index contributed by atoms with van der Waals surface area (Å²) in [7, 11) is 0. The maximum Gasteiger partial charge on any atom is 0.252 e. The van der Waals surface area contributed by atoms with Crippen LogP contribution < -0.4 is 11.5 Å². The molecule has 2 rings (SSSR count). The molecule has 0 fully saturated rings. The molecule has 0 radical (unpaired) electrons. The smallest absolute Gasteiger partial charge is 0.252 e. The van der Waals surface area contributed by atoms with Gasteiger partial charge in [0.15, 0.2) is 5.65 Å². The number of nitrogens with two attached hydrogens (primary N) is 2. The normalized spacial score (nSPS) is 10.5. The van der Waals surface area contributed by atoms with Gasteiger partial charge in [0, 0.05) is 6.20 Å². The van der Waals surface area contributed by atoms with Crippen LogP contribution in [0.5, 0.6) is 0 Å². The average molecular weight is 177 g/mol. The highest BCUT2D eigenvalue weighted by atomic mass is 16.1. The van der Waals surface area contributed by atoms with Crippen LogP contribution >= 0.6 is 0 Å². The summed E-state index contributed by atoms with van der Waals surface area (Å²) in [5.41, 5.74) is 11.8. The first-order chi connectivity index (χ1) is 6.20. The van der Waals surface area contributed by atoms with Crippen molar-refractivity contribution in [1.29, 1.82) is 0 Å². The summed E-state index contributed by atoms with van der Waals surface area (Å²) in [6.45, 7) is 0. The van der Waals surface area contributed by atoms with E-state index in [-0.39, 0.29) is 5.56 Å². The van der Waals surface area contributed by atoms with Gasteiger partial charge in [0.1, 0.15) is 0 Å². The molecule has 0 saturated heterocycles. The van der Waals surface area contributed by atoms with Gasteiger partial charge >= 0.3 is 0 Å². The lowest BCUT2D eigenvalue weighted by Gasteiger charge is -2.00. The molecule has 5 N–H and O–H groups in total. The van der Waals surface area contributed by atoms with Gasteiger partial charge in [-0.05, 0) is 0 Å². The molecule has 0 unspecified atom stereocenters. The molecule has 0 saturated carbocycles. The van der Waals surface area contributed by atoms with Crippen LogP contribution in [0.2, 0.25) is 0 Å². The second kappa shape index (κ2) is 2.44. The van der Waals surface area contributed by atoms with Crippen LogP contribution in [0, 0.1) is 0 Å². The summed E-state index contributed by atoms with van der Waals surface area (Å²) in [5, 5.41) is 6.98. The molecule has 0 bridgehead atoms. The number of pyridine rings is 1. The standard InChI is InChI=1S/C7H7N5O/c8-5-3(6(9)13)1-10-7-4(5)2-11-12-7/h1-2H,(H2,9,13)(H3,8,10,11,12). The Morgan fingerprint density at radius 3 is 2.92 bits per heavy atom. The highest BCUT2D eigenvalue weighted by Gasteiger charge is 2.10. The number of H-pyrrole nitrogens is 1. The fourth-order valence-corrected chi connectivity index (χ4v) is 1.11. The number of primary amides is 1. The molecule has 0 spiro atoms. The van der Waals surface area contributed by atoms with E-state index in [2.05, 4.69) is 15.2 Å². The predicted molar refractivity (Wildman–Crippen MR) is 46.8 cm³/mol. The zero-order chi connectivity index (χ0) is 9.42. The minimum Gasteiger partial charge on any atom is -0.397 e. The fraction of sp³-hybridized carbons (Fsp3) is 0. The average Bonchev–Trinajstić information content (AvgIpc) is 2.52. The van der Waals surface area contributed by atoms with E-state index in [1.807, 2.05) is 0 Å². The van der Waals surface area contributed by atoms with Gasteiger partial charge in [-0.15, -0.1) is 0 Å². The number of hydrogen-bond donors (Lipinski definition) is 3. The fourth-order valence-electron chi connectivity index (χ4n) is 1.11. The van der Waals surface area contributed by atoms with Crippen molar-refractivity contribution in [3.8, 4) is 0 Å². The zero-order valence-electron chi connectivity index (χ0n) is 6.61. The SMILES string of the molecule is NC(=O)c1cnc2[nH]ncc2c1N. The second-order valence-electron chi connectivity index (χ2n) is 2.58. The van der Waals surface area contributed by atoms with Gasteiger partial charge in [0.05, 0.1) is 22.8 Å². The first kappa shape index (κ1) is 7.53. The van der Waals surface area contributed by atoms with Crippen molar-refractivity contribution >= 4 is 22.6 Å². The topological polar surface area (TPSA) is 111 Å². The Balaban J connectivity index is 2.80. The molecule has 6 heteroatoms. The summed E-state index contributed by atoms with van der Waals surface area (Å²) in [4.78, 5) is 14.8. The molecule has 2 aromatic heterocycles. The molecule has 6 nitrogen and oxygen atoms in total. The van der Waals surface area contributed by atoms with Crippen molar-refractivity contribution in [3.63, 3.8) is 0 Å². The molecule has 2 heterocycles. The van der Waals surface area contributed by atoms with E-state index >= 15 is 0 Å². The molecule has 0 aliphatic carbocycles. The number of amides is 1. The van der Waals surface area contributed by atoms with E-state index in [4.69, 9.17) is 11.5 Å². The Hall–Kier alpha value is -2.11. The number of carbonyl (C=O) groups is 1. The van der Waals surface area contributed by atoms with Gasteiger partial charge in [-0.2, -0.15) is 5.10 Å². The molecule has 0 atom stereocenters. The van der Waals surface area contributed by atoms with E-state index in [1.165, 1.54) is 12.4 Å².